The summed E-state index contributed by atoms with van der Waals surface area (Å²) in [6.07, 6.45) is 5.66. The molecule has 2 N–H and O–H groups in total. The van der Waals surface area contributed by atoms with Crippen molar-refractivity contribution in [3.63, 3.8) is 0 Å². The van der Waals surface area contributed by atoms with E-state index in [4.69, 9.17) is 4.52 Å². The number of hydroxylamine groups is 1. The Balaban J connectivity index is 1.67. The second kappa shape index (κ2) is 11.2. The number of aromatic nitrogens is 2. The minimum Gasteiger partial charge on any atom is -0.339 e. The summed E-state index contributed by atoms with van der Waals surface area (Å²) in [4.78, 5) is 23.2. The maximum absolute atomic E-state index is 12.3. The van der Waals surface area contributed by atoms with Crippen LogP contribution in [0.25, 0.3) is 5.70 Å². The lowest BCUT2D eigenvalue weighted by Crippen LogP contribution is -2.43. The number of nitrogens with one attached hydrogen (secondary N) is 1. The van der Waals surface area contributed by atoms with Gasteiger partial charge in [-0.3, -0.25) is 14.9 Å². The van der Waals surface area contributed by atoms with Gasteiger partial charge in [0, 0.05) is 12.3 Å². The second-order valence-corrected chi connectivity index (χ2v) is 7.16. The first-order chi connectivity index (χ1) is 15.2. The highest BCUT2D eigenvalue weighted by Crippen LogP contribution is 2.32. The fraction of sp³-hybridized carbons (Fsp3) is 0.391. The Hall–Kier alpha value is -3.28. The summed E-state index contributed by atoms with van der Waals surface area (Å²) in [6.45, 7) is 5.17. The lowest BCUT2D eigenvalue weighted by molar-refractivity contribution is -0.135. The Kier molecular flexibility index (Phi) is 8.10. The predicted molar refractivity (Wildman–Crippen MR) is 117 cm³/mol. The van der Waals surface area contributed by atoms with Gasteiger partial charge in [0.2, 0.25) is 11.7 Å². The van der Waals surface area contributed by atoms with Crippen LogP contribution in [0.5, 0.6) is 0 Å². The highest BCUT2D eigenvalue weighted by molar-refractivity contribution is 5.83. The van der Waals surface area contributed by atoms with Gasteiger partial charge in [0.25, 0.3) is 5.91 Å². The van der Waals surface area contributed by atoms with Gasteiger partial charge in [-0.15, -0.1) is 0 Å². The Labute approximate surface area is 182 Å². The summed E-state index contributed by atoms with van der Waals surface area (Å²) in [5.74, 6) is 6.47. The monoisotopic (exact) mass is 421 g/mol. The van der Waals surface area contributed by atoms with Crippen LogP contribution in [-0.4, -0.2) is 45.5 Å². The maximum atomic E-state index is 12.3. The van der Waals surface area contributed by atoms with Crippen LogP contribution < -0.4 is 5.48 Å². The number of aliphatic imine (C=N–C) groups is 1. The summed E-state index contributed by atoms with van der Waals surface area (Å²) in [7, 11) is 0. The van der Waals surface area contributed by atoms with Crippen LogP contribution in [0, 0.1) is 11.8 Å². The maximum Gasteiger partial charge on any atom is 0.265 e. The first kappa shape index (κ1) is 22.4. The molecule has 1 saturated heterocycles. The molecular weight excluding hydrogens is 394 g/mol. The highest BCUT2D eigenvalue weighted by Gasteiger charge is 2.33. The Bertz CT molecular complexity index is 979. The van der Waals surface area contributed by atoms with Crippen molar-refractivity contribution in [2.24, 2.45) is 4.99 Å². The molecule has 1 unspecified atom stereocenters. The highest BCUT2D eigenvalue weighted by atomic mass is 16.5. The van der Waals surface area contributed by atoms with E-state index < -0.39 is 11.9 Å². The molecule has 1 atom stereocenters. The summed E-state index contributed by atoms with van der Waals surface area (Å²) in [5.41, 5.74) is 3.25. The van der Waals surface area contributed by atoms with Crippen molar-refractivity contribution in [2.45, 2.75) is 45.1 Å². The number of nitrogens with zero attached hydrogens (tertiary/aromatic N) is 4. The Morgan fingerprint density at radius 3 is 2.77 bits per heavy atom. The van der Waals surface area contributed by atoms with E-state index in [2.05, 4.69) is 31.9 Å². The molecule has 2 aromatic rings. The third kappa shape index (κ3) is 5.66. The van der Waals surface area contributed by atoms with Crippen LogP contribution in [0.2, 0.25) is 0 Å². The number of benzene rings is 1. The first-order valence-corrected chi connectivity index (χ1v) is 10.4. The fourth-order valence-electron chi connectivity index (χ4n) is 3.65. The molecule has 1 aliphatic rings. The normalized spacial score (nSPS) is 16.7. The molecule has 8 heteroatoms. The van der Waals surface area contributed by atoms with Crippen molar-refractivity contribution < 1.29 is 14.5 Å². The molecule has 8 nitrogen and oxygen atoms in total. The summed E-state index contributed by atoms with van der Waals surface area (Å²) >= 11 is 0. The zero-order valence-corrected chi connectivity index (χ0v) is 17.8. The molecule has 0 aliphatic carbocycles. The van der Waals surface area contributed by atoms with E-state index in [0.717, 1.165) is 24.8 Å². The molecular formula is C23H27N5O3. The number of carbonyl (C=O) groups excluding carboxylic acids is 1. The quantitative estimate of drug-likeness (QED) is 0.321. The summed E-state index contributed by atoms with van der Waals surface area (Å²) in [6, 6.07) is 8.90. The molecule has 0 spiro atoms. The fourth-order valence-corrected chi connectivity index (χ4v) is 3.65. The average molecular weight is 422 g/mol. The largest absolute Gasteiger partial charge is 0.339 e. The molecule has 0 saturated carbocycles. The van der Waals surface area contributed by atoms with E-state index in [-0.39, 0.29) is 5.92 Å². The average Bonchev–Trinajstić information content (AvgIpc) is 3.30. The van der Waals surface area contributed by atoms with Crippen molar-refractivity contribution >= 4 is 17.8 Å². The van der Waals surface area contributed by atoms with Crippen LogP contribution >= 0.6 is 0 Å². The van der Waals surface area contributed by atoms with Crippen molar-refractivity contribution in [3.8, 4) is 11.8 Å². The van der Waals surface area contributed by atoms with Gasteiger partial charge < -0.3 is 4.52 Å². The number of likely N-dealkylation sites (tertiary alicyclic amines) is 1. The van der Waals surface area contributed by atoms with Crippen LogP contribution in [-0.2, 0) is 4.79 Å². The van der Waals surface area contributed by atoms with Gasteiger partial charge in [-0.1, -0.05) is 60.3 Å². The van der Waals surface area contributed by atoms with E-state index in [1.54, 1.807) is 11.7 Å². The molecule has 1 aromatic heterocycles. The summed E-state index contributed by atoms with van der Waals surface area (Å²) in [5, 5.41) is 13.3. The zero-order valence-electron chi connectivity index (χ0n) is 17.8. The van der Waals surface area contributed by atoms with Gasteiger partial charge in [-0.25, -0.2) is 10.5 Å². The third-order valence-electron chi connectivity index (χ3n) is 5.21. The topological polar surface area (TPSA) is 104 Å². The molecule has 3 rings (SSSR count). The molecule has 2 heterocycles. The molecule has 1 fully saturated rings. The SMILES string of the molecule is C/C=C(\N=CC#CCC)c1noc(C2CCN(C(C(=O)NO)c3ccccc3)CC2)n1. The van der Waals surface area contributed by atoms with Gasteiger partial charge in [-0.2, -0.15) is 4.98 Å². The smallest absolute Gasteiger partial charge is 0.265 e. The van der Waals surface area contributed by atoms with Crippen molar-refractivity contribution in [1.82, 2.24) is 20.5 Å². The number of rotatable bonds is 6. The molecule has 1 amide bonds. The lowest BCUT2D eigenvalue weighted by Gasteiger charge is -2.35. The van der Waals surface area contributed by atoms with E-state index in [9.17, 15) is 10.0 Å². The second-order valence-electron chi connectivity index (χ2n) is 7.16. The molecule has 1 aliphatic heterocycles. The van der Waals surface area contributed by atoms with Gasteiger partial charge >= 0.3 is 0 Å². The predicted octanol–water partition coefficient (Wildman–Crippen LogP) is 3.34. The first-order valence-electron chi connectivity index (χ1n) is 10.4. The third-order valence-corrected chi connectivity index (χ3v) is 5.21. The number of allylic oxidation sites excluding steroid dienone is 1. The van der Waals surface area contributed by atoms with Crippen LogP contribution in [0.3, 0.4) is 0 Å². The number of hydrogen-bond acceptors (Lipinski definition) is 7. The number of hydrogen-bond donors (Lipinski definition) is 2. The van der Waals surface area contributed by atoms with E-state index in [1.165, 1.54) is 0 Å². The number of amides is 1. The minimum absolute atomic E-state index is 0.105. The zero-order chi connectivity index (χ0) is 22.1. The molecule has 0 radical (unpaired) electrons. The number of piperidine rings is 1. The minimum atomic E-state index is -0.543. The number of carbonyl (C=O) groups is 1. The Morgan fingerprint density at radius 2 is 2.13 bits per heavy atom. The van der Waals surface area contributed by atoms with Crippen molar-refractivity contribution in [2.75, 3.05) is 13.1 Å². The van der Waals surface area contributed by atoms with Crippen molar-refractivity contribution in [1.29, 1.82) is 0 Å². The van der Waals surface area contributed by atoms with E-state index >= 15 is 0 Å². The van der Waals surface area contributed by atoms with Gasteiger partial charge in [0.05, 0.1) is 6.21 Å². The Morgan fingerprint density at radius 1 is 1.39 bits per heavy atom. The molecule has 1 aromatic carbocycles. The summed E-state index contributed by atoms with van der Waals surface area (Å²) < 4.78 is 5.51. The molecule has 0 bridgehead atoms. The standard InChI is InChI=1S/C23H27N5O3/c1-3-5-9-14-24-19(4-2)21-25-23(31-27-21)18-12-15-28(16-13-18)20(22(29)26-30)17-10-7-6-8-11-17/h4,6-8,10-11,14,18,20,30H,3,12-13,15-16H2,1-2H3,(H,26,29)/b19-4-,24-14?. The van der Waals surface area contributed by atoms with E-state index in [0.29, 0.717) is 30.5 Å². The van der Waals surface area contributed by atoms with Crippen LogP contribution in [0.15, 0.2) is 45.9 Å². The van der Waals surface area contributed by atoms with Gasteiger partial charge in [0.1, 0.15) is 11.7 Å². The van der Waals surface area contributed by atoms with Gasteiger partial charge in [0.15, 0.2) is 0 Å². The van der Waals surface area contributed by atoms with Crippen LogP contribution in [0.4, 0.5) is 0 Å². The van der Waals surface area contributed by atoms with Crippen molar-refractivity contribution in [3.05, 3.63) is 53.7 Å². The molecule has 31 heavy (non-hydrogen) atoms. The van der Waals surface area contributed by atoms with Crippen LogP contribution in [0.1, 0.15) is 62.3 Å². The van der Waals surface area contributed by atoms with Gasteiger partial charge in [-0.05, 0) is 38.4 Å². The lowest BCUT2D eigenvalue weighted by atomic mass is 9.94. The molecule has 162 valence electrons. The van der Waals surface area contributed by atoms with E-state index in [1.807, 2.05) is 50.3 Å².